The number of hydrogen-bond donors (Lipinski definition) is 2. The van der Waals surface area contributed by atoms with Crippen LogP contribution in [-0.4, -0.2) is 22.3 Å². The van der Waals surface area contributed by atoms with Crippen LogP contribution < -0.4 is 15.4 Å². The molecule has 2 aromatic carbocycles. The number of nitrogens with one attached hydrogen (secondary N) is 2. The minimum Gasteiger partial charge on any atom is -0.497 e. The van der Waals surface area contributed by atoms with E-state index < -0.39 is 0 Å². The zero-order chi connectivity index (χ0) is 16.8. The van der Waals surface area contributed by atoms with E-state index in [9.17, 15) is 0 Å². The van der Waals surface area contributed by atoms with Gasteiger partial charge >= 0.3 is 0 Å². The smallest absolute Gasteiger partial charge is 0.249 e. The summed E-state index contributed by atoms with van der Waals surface area (Å²) in [6, 6.07) is 15.2. The Morgan fingerprint density at radius 1 is 1.12 bits per heavy atom. The van der Waals surface area contributed by atoms with Crippen LogP contribution in [0.1, 0.15) is 5.56 Å². The Balaban J connectivity index is 1.68. The second-order valence-electron chi connectivity index (χ2n) is 4.97. The van der Waals surface area contributed by atoms with Crippen molar-refractivity contribution in [1.82, 2.24) is 15.2 Å². The molecule has 0 aliphatic rings. The fourth-order valence-electron chi connectivity index (χ4n) is 2.10. The van der Waals surface area contributed by atoms with Crippen molar-refractivity contribution in [3.8, 4) is 5.75 Å². The van der Waals surface area contributed by atoms with Crippen molar-refractivity contribution < 1.29 is 4.74 Å². The van der Waals surface area contributed by atoms with Gasteiger partial charge in [0.2, 0.25) is 5.95 Å². The molecule has 24 heavy (non-hydrogen) atoms. The molecule has 6 nitrogen and oxygen atoms in total. The molecule has 122 valence electrons. The molecular formula is C17H16ClN5O. The van der Waals surface area contributed by atoms with Crippen molar-refractivity contribution in [2.75, 3.05) is 17.7 Å². The molecule has 0 aliphatic carbocycles. The molecule has 0 fully saturated rings. The molecule has 1 heterocycles. The van der Waals surface area contributed by atoms with Gasteiger partial charge in [0.15, 0.2) is 5.82 Å². The van der Waals surface area contributed by atoms with Crippen LogP contribution in [0.25, 0.3) is 0 Å². The van der Waals surface area contributed by atoms with Crippen molar-refractivity contribution >= 4 is 29.1 Å². The number of anilines is 3. The average molecular weight is 342 g/mol. The van der Waals surface area contributed by atoms with Crippen molar-refractivity contribution in [3.05, 3.63) is 65.3 Å². The van der Waals surface area contributed by atoms with Gasteiger partial charge in [0.1, 0.15) is 5.75 Å². The highest BCUT2D eigenvalue weighted by molar-refractivity contribution is 6.31. The minimum atomic E-state index is 0.396. The lowest BCUT2D eigenvalue weighted by molar-refractivity contribution is 0.415. The van der Waals surface area contributed by atoms with E-state index in [-0.39, 0.29) is 0 Å². The van der Waals surface area contributed by atoms with Crippen molar-refractivity contribution in [1.29, 1.82) is 0 Å². The summed E-state index contributed by atoms with van der Waals surface area (Å²) < 4.78 is 5.19. The van der Waals surface area contributed by atoms with Gasteiger partial charge in [-0.15, -0.1) is 5.10 Å². The molecule has 0 spiro atoms. The summed E-state index contributed by atoms with van der Waals surface area (Å²) in [4.78, 5) is 4.39. The lowest BCUT2D eigenvalue weighted by Crippen LogP contribution is -2.06. The van der Waals surface area contributed by atoms with Crippen LogP contribution in [0.15, 0.2) is 54.7 Å². The topological polar surface area (TPSA) is 72.0 Å². The molecule has 1 aromatic heterocycles. The highest BCUT2D eigenvalue weighted by Crippen LogP contribution is 2.20. The molecule has 0 saturated carbocycles. The summed E-state index contributed by atoms with van der Waals surface area (Å²) >= 11 is 6.15. The molecule has 0 aliphatic heterocycles. The zero-order valence-corrected chi connectivity index (χ0v) is 13.8. The van der Waals surface area contributed by atoms with Crippen molar-refractivity contribution in [2.24, 2.45) is 0 Å². The van der Waals surface area contributed by atoms with Crippen molar-refractivity contribution in [2.45, 2.75) is 6.54 Å². The third-order valence-electron chi connectivity index (χ3n) is 3.30. The first-order chi connectivity index (χ1) is 11.7. The average Bonchev–Trinajstić information content (AvgIpc) is 2.61. The first-order valence-electron chi connectivity index (χ1n) is 7.32. The van der Waals surface area contributed by atoms with E-state index in [0.717, 1.165) is 17.0 Å². The second kappa shape index (κ2) is 7.61. The Bertz CT molecular complexity index is 827. The normalized spacial score (nSPS) is 10.2. The molecule has 7 heteroatoms. The summed E-state index contributed by atoms with van der Waals surface area (Å²) in [5, 5.41) is 14.9. The fraction of sp³-hybridized carbons (Fsp3) is 0.118. The predicted octanol–water partition coefficient (Wildman–Crippen LogP) is 3.89. The molecular weight excluding hydrogens is 326 g/mol. The number of rotatable bonds is 6. The van der Waals surface area contributed by atoms with E-state index in [2.05, 4.69) is 25.8 Å². The molecule has 0 saturated heterocycles. The lowest BCUT2D eigenvalue weighted by atomic mass is 10.2. The highest BCUT2D eigenvalue weighted by atomic mass is 35.5. The van der Waals surface area contributed by atoms with E-state index in [4.69, 9.17) is 16.3 Å². The van der Waals surface area contributed by atoms with Gasteiger partial charge in [-0.1, -0.05) is 35.9 Å². The monoisotopic (exact) mass is 341 g/mol. The van der Waals surface area contributed by atoms with Gasteiger partial charge in [-0.2, -0.15) is 10.1 Å². The molecule has 2 N–H and O–H groups in total. The Hall–Kier alpha value is -2.86. The summed E-state index contributed by atoms with van der Waals surface area (Å²) in [5.41, 5.74) is 1.81. The summed E-state index contributed by atoms with van der Waals surface area (Å²) in [5.74, 6) is 1.75. The lowest BCUT2D eigenvalue weighted by Gasteiger charge is -2.09. The Labute approximate surface area is 144 Å². The van der Waals surface area contributed by atoms with E-state index in [1.807, 2.05) is 48.5 Å². The predicted molar refractivity (Wildman–Crippen MR) is 94.9 cm³/mol. The first kappa shape index (κ1) is 16.0. The third-order valence-corrected chi connectivity index (χ3v) is 3.67. The SMILES string of the molecule is COc1cccc(Nc2nncc(NCc3ccccc3Cl)n2)c1. The van der Waals surface area contributed by atoms with E-state index in [1.54, 1.807) is 13.3 Å². The summed E-state index contributed by atoms with van der Waals surface area (Å²) in [7, 11) is 1.62. The quantitative estimate of drug-likeness (QED) is 0.708. The Morgan fingerprint density at radius 2 is 2.00 bits per heavy atom. The first-order valence-corrected chi connectivity index (χ1v) is 7.70. The van der Waals surface area contributed by atoms with Gasteiger partial charge in [-0.3, -0.25) is 0 Å². The maximum atomic E-state index is 6.15. The molecule has 0 bridgehead atoms. The van der Waals surface area contributed by atoms with Gasteiger partial charge in [0, 0.05) is 23.3 Å². The number of hydrogen-bond acceptors (Lipinski definition) is 6. The second-order valence-corrected chi connectivity index (χ2v) is 5.37. The van der Waals surface area contributed by atoms with Crippen LogP contribution in [0.2, 0.25) is 5.02 Å². The molecule has 0 unspecified atom stereocenters. The van der Waals surface area contributed by atoms with Gasteiger partial charge in [0.05, 0.1) is 13.3 Å². The zero-order valence-electron chi connectivity index (χ0n) is 13.0. The number of benzene rings is 2. The number of aromatic nitrogens is 3. The summed E-state index contributed by atoms with van der Waals surface area (Å²) in [6.45, 7) is 0.553. The van der Waals surface area contributed by atoms with E-state index in [1.165, 1.54) is 0 Å². The van der Waals surface area contributed by atoms with Gasteiger partial charge < -0.3 is 15.4 Å². The van der Waals surface area contributed by atoms with Gasteiger partial charge in [-0.25, -0.2) is 0 Å². The third kappa shape index (κ3) is 4.11. The van der Waals surface area contributed by atoms with Gasteiger partial charge in [-0.05, 0) is 23.8 Å². The molecule has 3 aromatic rings. The highest BCUT2D eigenvalue weighted by Gasteiger charge is 2.04. The number of ether oxygens (including phenoxy) is 1. The van der Waals surface area contributed by atoms with E-state index >= 15 is 0 Å². The van der Waals surface area contributed by atoms with Crippen LogP contribution in [0.3, 0.4) is 0 Å². The number of nitrogens with zero attached hydrogens (tertiary/aromatic N) is 3. The minimum absolute atomic E-state index is 0.396. The fourth-order valence-corrected chi connectivity index (χ4v) is 2.30. The Kier molecular flexibility index (Phi) is 5.08. The number of methoxy groups -OCH3 is 1. The van der Waals surface area contributed by atoms with Crippen LogP contribution in [-0.2, 0) is 6.54 Å². The molecule has 0 radical (unpaired) electrons. The van der Waals surface area contributed by atoms with Crippen LogP contribution in [0.5, 0.6) is 5.75 Å². The molecule has 0 atom stereocenters. The Morgan fingerprint density at radius 3 is 2.83 bits per heavy atom. The maximum absolute atomic E-state index is 6.15. The number of halogens is 1. The van der Waals surface area contributed by atoms with Crippen LogP contribution in [0, 0.1) is 0 Å². The molecule has 0 amide bonds. The summed E-state index contributed by atoms with van der Waals surface area (Å²) in [6.07, 6.45) is 1.56. The standard InChI is InChI=1S/C17H16ClN5O/c1-24-14-7-4-6-13(9-14)21-17-22-16(11-20-23-17)19-10-12-5-2-3-8-15(12)18/h2-9,11H,10H2,1H3,(H2,19,21,22,23). The molecule has 3 rings (SSSR count). The van der Waals surface area contributed by atoms with Gasteiger partial charge in [0.25, 0.3) is 0 Å². The van der Waals surface area contributed by atoms with Crippen LogP contribution >= 0.6 is 11.6 Å². The van der Waals surface area contributed by atoms with Crippen molar-refractivity contribution in [3.63, 3.8) is 0 Å². The van der Waals surface area contributed by atoms with E-state index in [0.29, 0.717) is 23.3 Å². The van der Waals surface area contributed by atoms with Crippen LogP contribution in [0.4, 0.5) is 17.5 Å². The largest absolute Gasteiger partial charge is 0.497 e. The maximum Gasteiger partial charge on any atom is 0.249 e.